The fourth-order valence-electron chi connectivity index (χ4n) is 11.9. The zero-order chi connectivity index (χ0) is 84.3. The summed E-state index contributed by atoms with van der Waals surface area (Å²) < 4.78 is 0. The van der Waals surface area contributed by atoms with E-state index >= 15 is 14.4 Å². The Balaban J connectivity index is 1.47. The number of hydrogen-bond acceptors (Lipinski definition) is 23. The average Bonchev–Trinajstić information content (AvgIpc) is 1.71. The number of rotatable bonds is 26. The van der Waals surface area contributed by atoms with E-state index in [-0.39, 0.29) is 70.9 Å². The zero-order valence-corrected chi connectivity index (χ0v) is 65.4. The van der Waals surface area contributed by atoms with Gasteiger partial charge < -0.3 is 117 Å². The van der Waals surface area contributed by atoms with Crippen molar-refractivity contribution in [3.05, 3.63) is 144 Å². The Bertz CT molecular complexity index is 4130. The number of aromatic amines is 1. The Hall–Kier alpha value is -11.1. The maximum atomic E-state index is 15.4. The van der Waals surface area contributed by atoms with Crippen LogP contribution in [0.4, 0.5) is 0 Å². The number of hydrogen-bond donors (Lipinski definition) is 22. The molecular formula is C76H104N18O19S2. The number of fused-ring (bicyclic) bond motifs is 1. The first kappa shape index (κ1) is 92.8. The third-order valence-electron chi connectivity index (χ3n) is 18.3. The molecule has 0 radical (unpaired) electrons. The number of aromatic nitrogens is 1. The van der Waals surface area contributed by atoms with Crippen LogP contribution in [-0.2, 0) is 97.6 Å². The van der Waals surface area contributed by atoms with Gasteiger partial charge in [-0.2, -0.15) is 0 Å². The first-order chi connectivity index (χ1) is 54.9. The highest BCUT2D eigenvalue weighted by Crippen LogP contribution is 2.25. The number of nitrogens with two attached hydrogens (primary N) is 4. The molecule has 14 amide bonds. The van der Waals surface area contributed by atoms with E-state index in [1.807, 2.05) is 0 Å². The van der Waals surface area contributed by atoms with Gasteiger partial charge in [-0.1, -0.05) is 131 Å². The van der Waals surface area contributed by atoms with Gasteiger partial charge in [0.1, 0.15) is 72.5 Å². The zero-order valence-electron chi connectivity index (χ0n) is 63.8. The normalized spacial score (nSPS) is 23.7. The summed E-state index contributed by atoms with van der Waals surface area (Å²) in [6.07, 6.45) is -3.48. The van der Waals surface area contributed by atoms with Crippen molar-refractivity contribution in [3.63, 3.8) is 0 Å². The molecule has 1 aliphatic rings. The smallest absolute Gasteiger partial charge is 0.327 e. The lowest BCUT2D eigenvalue weighted by Gasteiger charge is -2.29. The predicted octanol–water partition coefficient (Wildman–Crippen LogP) is -4.91. The van der Waals surface area contributed by atoms with Crippen LogP contribution in [0.3, 0.4) is 0 Å². The van der Waals surface area contributed by atoms with Crippen molar-refractivity contribution < 1.29 is 92.3 Å². The number of primary amides is 1. The van der Waals surface area contributed by atoms with Gasteiger partial charge in [-0.25, -0.2) is 4.79 Å². The molecule has 1 aliphatic heterocycles. The molecule has 26 N–H and O–H groups in total. The second-order valence-electron chi connectivity index (χ2n) is 27.6. The Kier molecular flexibility index (Phi) is 38.4. The molecule has 5 aromatic rings. The van der Waals surface area contributed by atoms with Gasteiger partial charge in [0.05, 0.1) is 37.8 Å². The molecule has 1 saturated heterocycles. The largest absolute Gasteiger partial charge is 0.480 e. The number of para-hydroxylation sites is 1. The molecule has 6 rings (SSSR count). The molecule has 4 aromatic carbocycles. The quantitative estimate of drug-likeness (QED) is 0.0182. The molecule has 39 heteroatoms. The Labute approximate surface area is 670 Å². The lowest BCUT2D eigenvalue weighted by atomic mass is 10.00. The number of carbonyl (C=O) groups excluding carboxylic acids is 14. The highest BCUT2D eigenvalue weighted by molar-refractivity contribution is 8.76. The van der Waals surface area contributed by atoms with Gasteiger partial charge in [-0.05, 0) is 101 Å². The van der Waals surface area contributed by atoms with Crippen LogP contribution in [-0.4, -0.2) is 243 Å². The maximum Gasteiger partial charge on any atom is 0.327 e. The number of carboxylic acid groups (broad SMARTS) is 1. The second-order valence-corrected chi connectivity index (χ2v) is 30.1. The fourth-order valence-corrected chi connectivity index (χ4v) is 14.3. The summed E-state index contributed by atoms with van der Waals surface area (Å²) in [5.41, 5.74) is 25.6. The van der Waals surface area contributed by atoms with Crippen molar-refractivity contribution in [1.29, 1.82) is 0 Å². The first-order valence-corrected chi connectivity index (χ1v) is 39.8. The minimum atomic E-state index is -1.99. The van der Waals surface area contributed by atoms with Gasteiger partial charge in [-0.15, -0.1) is 0 Å². The van der Waals surface area contributed by atoms with Gasteiger partial charge in [-0.3, -0.25) is 67.1 Å². The molecule has 1 aromatic heterocycles. The van der Waals surface area contributed by atoms with E-state index < -0.39 is 210 Å². The number of carbonyl (C=O) groups is 15. The van der Waals surface area contributed by atoms with Gasteiger partial charge in [0.2, 0.25) is 82.7 Å². The number of aliphatic hydroxyl groups excluding tert-OH is 3. The highest BCUT2D eigenvalue weighted by atomic mass is 33.1. The van der Waals surface area contributed by atoms with Crippen LogP contribution in [0.15, 0.2) is 121 Å². The van der Waals surface area contributed by atoms with Crippen LogP contribution in [0.1, 0.15) is 88.0 Å². The average molecular weight is 1640 g/mol. The van der Waals surface area contributed by atoms with Crippen LogP contribution in [0.25, 0.3) is 10.9 Å². The van der Waals surface area contributed by atoms with Gasteiger partial charge in [0, 0.05) is 54.3 Å². The number of amides is 14. The standard InChI is InChI=1S/C76H104N18O19S2/c1-41(79)64(100)82-37-61(99)83-58-39-114-115-40-59(76(112)113)92-72(108)57(38-95)91-75(111)63(43(3)97)94-71(107)54(33-46-23-11-6-12-24-46)90-74(110)62(42(2)96)93-66(102)51(28-16-18-30-78)84-69(105)55(34-47-36-81-49-26-14-13-25-48(47)49)88-68(104)53(32-45-21-9-5-10-22-45)86-67(103)52(31-44-19-7-4-8-20-44)87-70(106)56(35-60(80)98)89-65(101)50(85-73(58)109)27-15-17-29-77/h4-14,19-26,36,41-43,50-59,62-63,81,95-97H,15-18,27-35,37-40,77-79H2,1-3H3,(H2,80,98)(H,82,100)(H,83,99)(H,84,105)(H,85,109)(H,86,103)(H,87,106)(H,88,104)(H,89,101)(H,90,110)(H,91,111)(H,92,108)(H,93,102)(H,94,107)(H,112,113)/t41-,42+,43+,50-,51-,52-,53-,54-,55?,56-,57?,58?,59-,62?,63-/m0/s1. The van der Waals surface area contributed by atoms with Crippen LogP contribution in [0, 0.1) is 0 Å². The van der Waals surface area contributed by atoms with Crippen molar-refractivity contribution >= 4 is 121 Å². The first-order valence-electron chi connectivity index (χ1n) is 37.4. The van der Waals surface area contributed by atoms with E-state index in [1.165, 1.54) is 6.92 Å². The molecule has 37 nitrogen and oxygen atoms in total. The molecule has 0 saturated carbocycles. The van der Waals surface area contributed by atoms with Crippen LogP contribution >= 0.6 is 21.6 Å². The molecule has 4 unspecified atom stereocenters. The molecule has 2 heterocycles. The summed E-state index contributed by atoms with van der Waals surface area (Å²) in [6.45, 7) is 1.88. The van der Waals surface area contributed by atoms with Crippen molar-refractivity contribution in [2.24, 2.45) is 22.9 Å². The number of aliphatic hydroxyl groups is 3. The number of nitrogens with one attached hydrogen (secondary N) is 14. The topological polar surface area (TPSA) is 613 Å². The molecule has 15 atom stereocenters. The van der Waals surface area contributed by atoms with Gasteiger partial charge >= 0.3 is 5.97 Å². The third-order valence-corrected chi connectivity index (χ3v) is 20.7. The molecular weight excluding hydrogens is 1530 g/mol. The molecule has 0 bridgehead atoms. The third kappa shape index (κ3) is 30.7. The number of unbranched alkanes of at least 4 members (excludes halogenated alkanes) is 2. The fraction of sp³-hybridized carbons (Fsp3) is 0.461. The summed E-state index contributed by atoms with van der Waals surface area (Å²) in [4.78, 5) is 217. The number of benzene rings is 4. The lowest BCUT2D eigenvalue weighted by molar-refractivity contribution is -0.142. The van der Waals surface area contributed by atoms with Crippen molar-refractivity contribution in [3.8, 4) is 0 Å². The van der Waals surface area contributed by atoms with E-state index in [4.69, 9.17) is 22.9 Å². The number of H-pyrrole nitrogens is 1. The van der Waals surface area contributed by atoms with Crippen LogP contribution < -0.4 is 92.1 Å². The minimum Gasteiger partial charge on any atom is -0.480 e. The van der Waals surface area contributed by atoms with Crippen LogP contribution in [0.5, 0.6) is 0 Å². The van der Waals surface area contributed by atoms with E-state index in [0.717, 1.165) is 35.4 Å². The molecule has 115 heavy (non-hydrogen) atoms. The second kappa shape index (κ2) is 47.6. The van der Waals surface area contributed by atoms with Crippen LogP contribution in [0.2, 0.25) is 0 Å². The summed E-state index contributed by atoms with van der Waals surface area (Å²) in [6, 6.07) is 9.57. The summed E-state index contributed by atoms with van der Waals surface area (Å²) in [7, 11) is 1.49. The number of carboxylic acids is 1. The van der Waals surface area contributed by atoms with Crippen molar-refractivity contribution in [1.82, 2.24) is 74.1 Å². The molecule has 1 fully saturated rings. The minimum absolute atomic E-state index is 0.104. The maximum absolute atomic E-state index is 15.4. The summed E-state index contributed by atoms with van der Waals surface area (Å²) >= 11 is 0. The predicted molar refractivity (Wildman–Crippen MR) is 425 cm³/mol. The van der Waals surface area contributed by atoms with Crippen molar-refractivity contribution in [2.75, 3.05) is 37.7 Å². The number of aliphatic carboxylic acids is 1. The molecule has 0 aliphatic carbocycles. The summed E-state index contributed by atoms with van der Waals surface area (Å²) in [5.74, 6) is -17.7. The molecule has 0 spiro atoms. The van der Waals surface area contributed by atoms with Gasteiger partial charge in [0.15, 0.2) is 0 Å². The van der Waals surface area contributed by atoms with Gasteiger partial charge in [0.25, 0.3) is 0 Å². The summed E-state index contributed by atoms with van der Waals surface area (Å²) in [5, 5.41) is 76.1. The van der Waals surface area contributed by atoms with E-state index in [2.05, 4.69) is 74.1 Å². The highest BCUT2D eigenvalue weighted by Gasteiger charge is 2.40. The SMILES string of the molecule is C[C@H](N)C(=O)NCC(=O)NC1CSSC[C@@H](C(=O)O)NC(=O)C(CO)NC(=O)[C@H]([C@@H](C)O)NC(=O)[C@H](Cc2ccccc2)NC(=O)C([C@@H](C)O)NC(=O)[C@H](CCCCN)NC(=O)C(Cc2c[nH]c3ccccc23)NC(=O)[C@H](Cc2ccccc2)NC(=O)[C@H](Cc2ccccc2)NC(=O)[C@H](CC(N)=O)NC(=O)[C@H](CCCCN)NC1=O. The monoisotopic (exact) mass is 1640 g/mol. The van der Waals surface area contributed by atoms with E-state index in [9.17, 15) is 78.0 Å². The van der Waals surface area contributed by atoms with E-state index in [0.29, 0.717) is 39.6 Å². The van der Waals surface area contributed by atoms with Crippen molar-refractivity contribution in [2.45, 2.75) is 182 Å². The van der Waals surface area contributed by atoms with E-state index in [1.54, 1.807) is 121 Å². The molecule has 624 valence electrons. The Morgan fingerprint density at radius 3 is 1.30 bits per heavy atom. The lowest BCUT2D eigenvalue weighted by Crippen LogP contribution is -2.63. The Morgan fingerprint density at radius 2 is 0.852 bits per heavy atom. The Morgan fingerprint density at radius 1 is 0.470 bits per heavy atom.